The number of benzene rings is 1. The monoisotopic (exact) mass is 439 g/mol. The molecule has 1 aromatic heterocycles. The standard InChI is InChI=1S/C22H26N4O4.CH3N/c1-5-16(7-6-12-24-14-23-3)25-21(27)19-10-11-20(30-19)22(28)26-18-9-8-17(29-4)13-15(18)2;1-2/h5-11,13-14H,12H2,1-4H3,(H,23,24)(H,25,27)(H,26,28);2H,1H2/b7-6-,16-5+;. The zero-order valence-corrected chi connectivity index (χ0v) is 18.7. The third-order valence-electron chi connectivity index (χ3n) is 4.06. The highest BCUT2D eigenvalue weighted by Gasteiger charge is 2.17. The van der Waals surface area contributed by atoms with E-state index in [0.717, 1.165) is 5.56 Å². The van der Waals surface area contributed by atoms with Crippen molar-refractivity contribution in [2.24, 2.45) is 4.99 Å². The zero-order valence-electron chi connectivity index (χ0n) is 18.7. The van der Waals surface area contributed by atoms with Gasteiger partial charge < -0.3 is 30.5 Å². The van der Waals surface area contributed by atoms with Gasteiger partial charge in [0.2, 0.25) is 0 Å². The van der Waals surface area contributed by atoms with Gasteiger partial charge in [-0.2, -0.15) is 0 Å². The largest absolute Gasteiger partial charge is 0.497 e. The second kappa shape index (κ2) is 14.0. The number of aryl methyl sites for hydroxylation is 1. The normalized spacial score (nSPS) is 11.1. The molecule has 0 aliphatic heterocycles. The van der Waals surface area contributed by atoms with Crippen LogP contribution in [-0.4, -0.2) is 45.6 Å². The Hall–Kier alpha value is -4.14. The number of hydrogen-bond donors (Lipinski definition) is 4. The minimum absolute atomic E-state index is 0.0376. The number of carbonyl (C=O) groups is 2. The molecule has 9 nitrogen and oxygen atoms in total. The van der Waals surface area contributed by atoms with Gasteiger partial charge in [0.1, 0.15) is 5.75 Å². The Kier molecular flexibility index (Phi) is 11.3. The van der Waals surface area contributed by atoms with Crippen molar-refractivity contribution in [3.05, 3.63) is 71.3 Å². The molecule has 9 heteroatoms. The Morgan fingerprint density at radius 2 is 1.88 bits per heavy atom. The second-order valence-corrected chi connectivity index (χ2v) is 6.19. The smallest absolute Gasteiger partial charge is 0.291 e. The average Bonchev–Trinajstić information content (AvgIpc) is 3.31. The first-order valence-electron chi connectivity index (χ1n) is 9.68. The number of nitrogens with one attached hydrogen (secondary N) is 4. The van der Waals surface area contributed by atoms with E-state index in [1.165, 1.54) is 12.1 Å². The first kappa shape index (κ1) is 25.9. The maximum Gasteiger partial charge on any atom is 0.291 e. The van der Waals surface area contributed by atoms with Crippen LogP contribution < -0.4 is 20.7 Å². The van der Waals surface area contributed by atoms with E-state index >= 15 is 0 Å². The van der Waals surface area contributed by atoms with Crippen LogP contribution in [0.1, 0.15) is 33.6 Å². The number of furan rings is 1. The number of ether oxygens (including phenoxy) is 1. The summed E-state index contributed by atoms with van der Waals surface area (Å²) in [5.74, 6) is -0.121. The molecular formula is C23H29N5O4. The highest BCUT2D eigenvalue weighted by Crippen LogP contribution is 2.22. The molecule has 1 aromatic carbocycles. The molecule has 2 aromatic rings. The third-order valence-corrected chi connectivity index (χ3v) is 4.06. The van der Waals surface area contributed by atoms with Crippen molar-refractivity contribution in [1.29, 1.82) is 5.41 Å². The molecule has 0 saturated carbocycles. The van der Waals surface area contributed by atoms with E-state index in [9.17, 15) is 9.59 Å². The fraction of sp³-hybridized carbons (Fsp3) is 0.217. The van der Waals surface area contributed by atoms with Crippen molar-refractivity contribution < 1.29 is 18.7 Å². The highest BCUT2D eigenvalue weighted by molar-refractivity contribution is 6.03. The second-order valence-electron chi connectivity index (χ2n) is 6.19. The van der Waals surface area contributed by atoms with Gasteiger partial charge in [-0.25, -0.2) is 0 Å². The average molecular weight is 440 g/mol. The van der Waals surface area contributed by atoms with Crippen LogP contribution >= 0.6 is 0 Å². The van der Waals surface area contributed by atoms with Crippen LogP contribution in [0.2, 0.25) is 0 Å². The van der Waals surface area contributed by atoms with Crippen LogP contribution in [0, 0.1) is 12.3 Å². The van der Waals surface area contributed by atoms with E-state index in [1.807, 2.05) is 19.1 Å². The molecule has 170 valence electrons. The van der Waals surface area contributed by atoms with Gasteiger partial charge in [0.05, 0.1) is 13.4 Å². The molecule has 0 fully saturated rings. The summed E-state index contributed by atoms with van der Waals surface area (Å²) < 4.78 is 10.6. The first-order chi connectivity index (χ1) is 15.5. The van der Waals surface area contributed by atoms with Crippen molar-refractivity contribution in [1.82, 2.24) is 10.6 Å². The van der Waals surface area contributed by atoms with Crippen LogP contribution in [0.15, 0.2) is 63.7 Å². The molecule has 0 unspecified atom stereocenters. The molecule has 4 N–H and O–H groups in total. The molecule has 32 heavy (non-hydrogen) atoms. The Bertz CT molecular complexity index is 992. The van der Waals surface area contributed by atoms with Crippen LogP contribution in [0.25, 0.3) is 0 Å². The number of allylic oxidation sites excluding steroid dienone is 2. The van der Waals surface area contributed by atoms with Crippen molar-refractivity contribution in [3.63, 3.8) is 0 Å². The minimum Gasteiger partial charge on any atom is -0.497 e. The van der Waals surface area contributed by atoms with Gasteiger partial charge in [0.15, 0.2) is 11.5 Å². The number of anilines is 1. The number of methoxy groups -OCH3 is 1. The highest BCUT2D eigenvalue weighted by atomic mass is 16.5. The summed E-state index contributed by atoms with van der Waals surface area (Å²) in [5.41, 5.74) is 2.08. The van der Waals surface area contributed by atoms with Crippen LogP contribution in [0.4, 0.5) is 5.69 Å². The van der Waals surface area contributed by atoms with E-state index < -0.39 is 11.8 Å². The predicted octanol–water partition coefficient (Wildman–Crippen LogP) is 3.55. The van der Waals surface area contributed by atoms with Gasteiger partial charge in [0.25, 0.3) is 11.8 Å². The van der Waals surface area contributed by atoms with Gasteiger partial charge in [-0.1, -0.05) is 12.2 Å². The van der Waals surface area contributed by atoms with Crippen molar-refractivity contribution >= 4 is 30.6 Å². The summed E-state index contributed by atoms with van der Waals surface area (Å²) in [7, 11) is 3.25. The lowest BCUT2D eigenvalue weighted by Crippen LogP contribution is -2.21. The lowest BCUT2D eigenvalue weighted by molar-refractivity contribution is 0.0931. The Labute approximate surface area is 187 Å². The first-order valence-corrected chi connectivity index (χ1v) is 9.68. The molecule has 0 atom stereocenters. The summed E-state index contributed by atoms with van der Waals surface area (Å²) in [6, 6.07) is 8.23. The molecule has 2 amide bonds. The number of aliphatic imine (C=N–C) groups is 1. The Balaban J connectivity index is 0.00000249. The number of carbonyl (C=O) groups excluding carboxylic acids is 2. The zero-order chi connectivity index (χ0) is 23.9. The van der Waals surface area contributed by atoms with Crippen LogP contribution in [0.5, 0.6) is 5.75 Å². The molecule has 0 bridgehead atoms. The summed E-state index contributed by atoms with van der Waals surface area (Å²) in [6.45, 7) is 6.73. The predicted molar refractivity (Wildman–Crippen MR) is 127 cm³/mol. The van der Waals surface area contributed by atoms with E-state index in [1.54, 1.807) is 51.7 Å². The van der Waals surface area contributed by atoms with Crippen LogP contribution in [-0.2, 0) is 0 Å². The number of amides is 2. The molecule has 2 rings (SSSR count). The molecule has 0 saturated heterocycles. The molecule has 0 aliphatic carbocycles. The molecule has 0 aliphatic rings. The molecule has 1 heterocycles. The SMILES string of the molecule is C/C=C(\C=C/CNC=NC)NC(=O)c1ccc(C(=O)Nc2ccc(OC)cc2C)o1.C=N. The lowest BCUT2D eigenvalue weighted by Gasteiger charge is -2.08. The summed E-state index contributed by atoms with van der Waals surface area (Å²) in [5, 5.41) is 14.0. The molecular weight excluding hydrogens is 410 g/mol. The summed E-state index contributed by atoms with van der Waals surface area (Å²) in [4.78, 5) is 28.7. The lowest BCUT2D eigenvalue weighted by atomic mass is 10.2. The Morgan fingerprint density at radius 3 is 2.47 bits per heavy atom. The van der Waals surface area contributed by atoms with Crippen molar-refractivity contribution in [3.8, 4) is 5.75 Å². The maximum absolute atomic E-state index is 12.5. The van der Waals surface area contributed by atoms with Gasteiger partial charge in [-0.15, -0.1) is 0 Å². The summed E-state index contributed by atoms with van der Waals surface area (Å²) in [6.07, 6.45) is 6.94. The minimum atomic E-state index is -0.449. The molecule has 0 spiro atoms. The van der Waals surface area contributed by atoms with Gasteiger partial charge >= 0.3 is 0 Å². The van der Waals surface area contributed by atoms with Gasteiger partial charge in [-0.3, -0.25) is 14.6 Å². The van der Waals surface area contributed by atoms with Crippen LogP contribution in [0.3, 0.4) is 0 Å². The van der Waals surface area contributed by atoms with E-state index in [2.05, 4.69) is 27.7 Å². The number of nitrogens with zero attached hydrogens (tertiary/aromatic N) is 1. The van der Waals surface area contributed by atoms with E-state index in [4.69, 9.17) is 14.6 Å². The van der Waals surface area contributed by atoms with Gasteiger partial charge in [-0.05, 0) is 62.5 Å². The third kappa shape index (κ3) is 7.94. The molecule has 0 radical (unpaired) electrons. The van der Waals surface area contributed by atoms with Crippen molar-refractivity contribution in [2.75, 3.05) is 26.0 Å². The maximum atomic E-state index is 12.5. The number of rotatable bonds is 9. The fourth-order valence-electron chi connectivity index (χ4n) is 2.47. The van der Waals surface area contributed by atoms with E-state index in [-0.39, 0.29) is 11.5 Å². The quantitative estimate of drug-likeness (QED) is 0.206. The number of hydrogen-bond acceptors (Lipinski definition) is 6. The summed E-state index contributed by atoms with van der Waals surface area (Å²) >= 11 is 0. The van der Waals surface area contributed by atoms with Gasteiger partial charge in [0, 0.05) is 25.0 Å². The topological polar surface area (TPSA) is 129 Å². The fourth-order valence-corrected chi connectivity index (χ4v) is 2.47. The van der Waals surface area contributed by atoms with E-state index in [0.29, 0.717) is 23.7 Å². The Morgan fingerprint density at radius 1 is 1.19 bits per heavy atom. The van der Waals surface area contributed by atoms with Crippen molar-refractivity contribution in [2.45, 2.75) is 13.8 Å².